The van der Waals surface area contributed by atoms with Gasteiger partial charge in [-0.1, -0.05) is 19.3 Å². The lowest BCUT2D eigenvalue weighted by Crippen LogP contribution is -2.45. The fraction of sp³-hybridized carbons (Fsp3) is 0.684. The van der Waals surface area contributed by atoms with E-state index in [4.69, 9.17) is 9.47 Å². The van der Waals surface area contributed by atoms with E-state index in [2.05, 4.69) is 15.2 Å². The number of amides is 1. The highest BCUT2D eigenvalue weighted by Crippen LogP contribution is 2.33. The maximum absolute atomic E-state index is 12.3. The molecule has 1 aromatic rings. The van der Waals surface area contributed by atoms with Gasteiger partial charge in [0.1, 0.15) is 5.82 Å². The number of nitrogens with one attached hydrogen (secondary N) is 1. The van der Waals surface area contributed by atoms with Crippen LogP contribution in [-0.2, 0) is 14.3 Å². The summed E-state index contributed by atoms with van der Waals surface area (Å²) < 4.78 is 11.5. The molecule has 3 heterocycles. The number of carbonyl (C=O) groups is 1. The summed E-state index contributed by atoms with van der Waals surface area (Å²) in [5.41, 5.74) is 0.787. The number of rotatable bonds is 3. The van der Waals surface area contributed by atoms with Crippen molar-refractivity contribution < 1.29 is 14.3 Å². The van der Waals surface area contributed by atoms with E-state index in [0.717, 1.165) is 50.3 Å². The number of carbonyl (C=O) groups excluding carboxylic acids is 1. The van der Waals surface area contributed by atoms with E-state index < -0.39 is 0 Å². The van der Waals surface area contributed by atoms with Crippen LogP contribution >= 0.6 is 0 Å². The minimum atomic E-state index is -0.357. The van der Waals surface area contributed by atoms with Gasteiger partial charge >= 0.3 is 0 Å². The van der Waals surface area contributed by atoms with E-state index in [0.29, 0.717) is 13.2 Å². The number of anilines is 2. The van der Waals surface area contributed by atoms with Gasteiger partial charge < -0.3 is 19.7 Å². The van der Waals surface area contributed by atoms with E-state index in [1.165, 1.54) is 19.3 Å². The Kier molecular flexibility index (Phi) is 4.90. The summed E-state index contributed by atoms with van der Waals surface area (Å²) in [5.74, 6) is 0.899. The smallest absolute Gasteiger partial charge is 0.227 e. The minimum Gasteiger partial charge on any atom is -0.356 e. The lowest BCUT2D eigenvalue weighted by Gasteiger charge is -2.38. The zero-order valence-electron chi connectivity index (χ0n) is 14.7. The van der Waals surface area contributed by atoms with Crippen LogP contribution in [0.5, 0.6) is 0 Å². The Morgan fingerprint density at radius 2 is 1.84 bits per heavy atom. The van der Waals surface area contributed by atoms with Gasteiger partial charge in [-0.25, -0.2) is 4.98 Å². The maximum atomic E-state index is 12.3. The molecule has 6 nitrogen and oxygen atoms in total. The normalized spacial score (nSPS) is 23.8. The Labute approximate surface area is 148 Å². The van der Waals surface area contributed by atoms with Crippen molar-refractivity contribution in [2.75, 3.05) is 36.5 Å². The first-order chi connectivity index (χ1) is 12.2. The molecule has 0 atom stereocenters. The first-order valence-corrected chi connectivity index (χ1v) is 9.54. The molecule has 0 bridgehead atoms. The van der Waals surface area contributed by atoms with Crippen LogP contribution in [0.25, 0.3) is 0 Å². The van der Waals surface area contributed by atoms with Crippen LogP contribution in [0.4, 0.5) is 11.5 Å². The highest BCUT2D eigenvalue weighted by Gasteiger charge is 2.40. The Hall–Kier alpha value is -1.66. The SMILES string of the molecule is O=C(Nc1ccc(N2CCC3(CC2)OCCO3)nc1)C1CCCCC1. The minimum absolute atomic E-state index is 0.143. The van der Waals surface area contributed by atoms with Crippen LogP contribution in [0.3, 0.4) is 0 Å². The molecule has 4 rings (SSSR count). The average Bonchev–Trinajstić information content (AvgIpc) is 3.12. The zero-order valence-corrected chi connectivity index (χ0v) is 14.7. The molecule has 1 aliphatic carbocycles. The van der Waals surface area contributed by atoms with Crippen molar-refractivity contribution in [3.05, 3.63) is 18.3 Å². The number of nitrogens with zero attached hydrogens (tertiary/aromatic N) is 2. The molecule has 1 amide bonds. The van der Waals surface area contributed by atoms with Gasteiger partial charge in [0.2, 0.25) is 5.91 Å². The van der Waals surface area contributed by atoms with Crippen molar-refractivity contribution >= 4 is 17.4 Å². The quantitative estimate of drug-likeness (QED) is 0.912. The summed E-state index contributed by atoms with van der Waals surface area (Å²) in [6.07, 6.45) is 9.12. The Morgan fingerprint density at radius 1 is 1.12 bits per heavy atom. The van der Waals surface area contributed by atoms with Crippen molar-refractivity contribution in [2.24, 2.45) is 5.92 Å². The molecular weight excluding hydrogens is 318 g/mol. The van der Waals surface area contributed by atoms with E-state index in [-0.39, 0.29) is 17.6 Å². The van der Waals surface area contributed by atoms with Crippen LogP contribution in [0, 0.1) is 5.92 Å². The highest BCUT2D eigenvalue weighted by molar-refractivity contribution is 5.92. The van der Waals surface area contributed by atoms with E-state index >= 15 is 0 Å². The first-order valence-electron chi connectivity index (χ1n) is 9.54. The molecule has 136 valence electrons. The third kappa shape index (κ3) is 3.80. The summed E-state index contributed by atoms with van der Waals surface area (Å²) in [6.45, 7) is 3.16. The molecule has 1 saturated carbocycles. The maximum Gasteiger partial charge on any atom is 0.227 e. The molecule has 25 heavy (non-hydrogen) atoms. The molecule has 0 aromatic carbocycles. The van der Waals surface area contributed by atoms with Gasteiger partial charge in [0.25, 0.3) is 0 Å². The second-order valence-corrected chi connectivity index (χ2v) is 7.32. The van der Waals surface area contributed by atoms with Gasteiger partial charge in [-0.05, 0) is 25.0 Å². The van der Waals surface area contributed by atoms with E-state index in [9.17, 15) is 4.79 Å². The van der Waals surface area contributed by atoms with Gasteiger partial charge in [0.05, 0.1) is 25.1 Å². The second kappa shape index (κ2) is 7.30. The molecule has 2 saturated heterocycles. The van der Waals surface area contributed by atoms with Gasteiger partial charge in [-0.3, -0.25) is 4.79 Å². The van der Waals surface area contributed by atoms with Gasteiger partial charge in [0.15, 0.2) is 5.79 Å². The predicted molar refractivity (Wildman–Crippen MR) is 95.5 cm³/mol. The van der Waals surface area contributed by atoms with Crippen molar-refractivity contribution in [1.82, 2.24) is 4.98 Å². The molecule has 0 unspecified atom stereocenters. The molecular formula is C19H27N3O3. The number of hydrogen-bond acceptors (Lipinski definition) is 5. The number of aromatic nitrogens is 1. The molecule has 1 spiro atoms. The van der Waals surface area contributed by atoms with Crippen molar-refractivity contribution in [1.29, 1.82) is 0 Å². The number of piperidine rings is 1. The standard InChI is InChI=1S/C19H27N3O3/c23-18(15-4-2-1-3-5-15)21-16-6-7-17(20-14-16)22-10-8-19(9-11-22)24-12-13-25-19/h6-7,14-15H,1-5,8-13H2,(H,21,23). The fourth-order valence-corrected chi connectivity index (χ4v) is 4.12. The number of pyridine rings is 1. The second-order valence-electron chi connectivity index (χ2n) is 7.32. The van der Waals surface area contributed by atoms with Crippen LogP contribution < -0.4 is 10.2 Å². The third-order valence-electron chi connectivity index (χ3n) is 5.65. The summed E-state index contributed by atoms with van der Waals surface area (Å²) in [4.78, 5) is 19.1. The summed E-state index contributed by atoms with van der Waals surface area (Å²) >= 11 is 0. The van der Waals surface area contributed by atoms with Crippen LogP contribution in [0.2, 0.25) is 0 Å². The molecule has 1 aromatic heterocycles. The summed E-state index contributed by atoms with van der Waals surface area (Å²) in [5, 5.41) is 3.02. The predicted octanol–water partition coefficient (Wildman–Crippen LogP) is 2.94. The van der Waals surface area contributed by atoms with Crippen molar-refractivity contribution in [3.63, 3.8) is 0 Å². The Balaban J connectivity index is 1.32. The monoisotopic (exact) mass is 345 g/mol. The fourth-order valence-electron chi connectivity index (χ4n) is 4.12. The largest absolute Gasteiger partial charge is 0.356 e. The van der Waals surface area contributed by atoms with Gasteiger partial charge in [-0.2, -0.15) is 0 Å². The lowest BCUT2D eigenvalue weighted by molar-refractivity contribution is -0.169. The van der Waals surface area contributed by atoms with Crippen LogP contribution in [-0.4, -0.2) is 43.0 Å². The van der Waals surface area contributed by atoms with E-state index in [1.807, 2.05) is 12.1 Å². The topological polar surface area (TPSA) is 63.7 Å². The molecule has 0 radical (unpaired) electrons. The average molecular weight is 345 g/mol. The molecule has 2 aliphatic heterocycles. The zero-order chi connectivity index (χ0) is 17.1. The van der Waals surface area contributed by atoms with Gasteiger partial charge in [-0.15, -0.1) is 0 Å². The number of hydrogen-bond donors (Lipinski definition) is 1. The molecule has 3 aliphatic rings. The highest BCUT2D eigenvalue weighted by atomic mass is 16.7. The lowest BCUT2D eigenvalue weighted by atomic mass is 9.88. The van der Waals surface area contributed by atoms with E-state index in [1.54, 1.807) is 6.20 Å². The van der Waals surface area contributed by atoms with Gasteiger partial charge in [0, 0.05) is 31.8 Å². The number of ether oxygens (including phenoxy) is 2. The van der Waals surface area contributed by atoms with Crippen molar-refractivity contribution in [2.45, 2.75) is 50.7 Å². The van der Waals surface area contributed by atoms with Crippen LogP contribution in [0.1, 0.15) is 44.9 Å². The Morgan fingerprint density at radius 3 is 2.48 bits per heavy atom. The van der Waals surface area contributed by atoms with Crippen LogP contribution in [0.15, 0.2) is 18.3 Å². The molecule has 6 heteroatoms. The van der Waals surface area contributed by atoms with Crippen molar-refractivity contribution in [3.8, 4) is 0 Å². The Bertz CT molecular complexity index is 582. The first kappa shape index (κ1) is 16.8. The molecule has 3 fully saturated rings. The summed E-state index contributed by atoms with van der Waals surface area (Å²) in [7, 11) is 0. The molecule has 1 N–H and O–H groups in total. The third-order valence-corrected chi connectivity index (χ3v) is 5.65. The summed E-state index contributed by atoms with van der Waals surface area (Å²) in [6, 6.07) is 3.95.